The van der Waals surface area contributed by atoms with Crippen LogP contribution in [0.4, 0.5) is 0 Å². The molecule has 1 aliphatic heterocycles. The summed E-state index contributed by atoms with van der Waals surface area (Å²) < 4.78 is 0. The molecule has 0 aromatic heterocycles. The first-order valence-corrected chi connectivity index (χ1v) is 7.27. The van der Waals surface area contributed by atoms with Crippen LogP contribution in [0, 0.1) is 0 Å². The number of rotatable bonds is 10. The Morgan fingerprint density at radius 2 is 1.88 bits per heavy atom. The second kappa shape index (κ2) is 9.46. The van der Waals surface area contributed by atoms with Crippen LogP contribution in [0.5, 0.6) is 0 Å². The minimum absolute atomic E-state index is 0.262. The average Bonchev–Trinajstić information content (AvgIpc) is 2.76. The van der Waals surface area contributed by atoms with Crippen LogP contribution in [0.1, 0.15) is 64.7 Å². The molecule has 0 aromatic rings. The number of nitrogens with zero attached hydrogens (tertiary/aromatic N) is 1. The molecule has 1 unspecified atom stereocenters. The second-order valence-electron chi connectivity index (χ2n) is 5.01. The molecule has 0 amide bonds. The van der Waals surface area contributed by atoms with Crippen molar-refractivity contribution in [1.29, 1.82) is 0 Å². The van der Waals surface area contributed by atoms with Crippen molar-refractivity contribution >= 4 is 5.84 Å². The van der Waals surface area contributed by atoms with Crippen molar-refractivity contribution in [1.82, 2.24) is 5.32 Å². The maximum Gasteiger partial charge on any atom is 0.0966 e. The van der Waals surface area contributed by atoms with Crippen molar-refractivity contribution in [2.75, 3.05) is 13.2 Å². The van der Waals surface area contributed by atoms with Gasteiger partial charge in [0.1, 0.15) is 0 Å². The first-order chi connectivity index (χ1) is 8.36. The highest BCUT2D eigenvalue weighted by atomic mass is 16.3. The highest BCUT2D eigenvalue weighted by Gasteiger charge is 2.15. The van der Waals surface area contributed by atoms with Crippen molar-refractivity contribution in [3.63, 3.8) is 0 Å². The van der Waals surface area contributed by atoms with Crippen molar-refractivity contribution in [3.05, 3.63) is 0 Å². The standard InChI is InChI=1S/C14H28N2O/c1-2-3-4-5-6-7-8-9-14-15-12-13(16-14)10-11-17/h13,17H,2-12H2,1H3,(H,15,16). The Hall–Kier alpha value is -0.570. The first-order valence-electron chi connectivity index (χ1n) is 7.27. The predicted octanol–water partition coefficient (Wildman–Crippen LogP) is 2.88. The minimum atomic E-state index is 0.262. The number of nitrogens with one attached hydrogen (secondary N) is 1. The summed E-state index contributed by atoms with van der Waals surface area (Å²) in [6, 6.07) is 0.388. The molecular weight excluding hydrogens is 212 g/mol. The zero-order valence-corrected chi connectivity index (χ0v) is 11.2. The number of aliphatic hydroxyl groups excluding tert-OH is 1. The molecular formula is C14H28N2O. The summed E-state index contributed by atoms with van der Waals surface area (Å²) in [5, 5.41) is 12.2. The second-order valence-corrected chi connectivity index (χ2v) is 5.01. The van der Waals surface area contributed by atoms with Crippen molar-refractivity contribution in [3.8, 4) is 0 Å². The van der Waals surface area contributed by atoms with E-state index in [0.717, 1.165) is 25.2 Å². The van der Waals surface area contributed by atoms with Gasteiger partial charge in [0.2, 0.25) is 0 Å². The molecule has 1 rings (SSSR count). The lowest BCUT2D eigenvalue weighted by Crippen LogP contribution is -2.30. The summed E-state index contributed by atoms with van der Waals surface area (Å²) >= 11 is 0. The van der Waals surface area contributed by atoms with E-state index in [-0.39, 0.29) is 6.61 Å². The Bertz CT molecular complexity index is 216. The highest BCUT2D eigenvalue weighted by molar-refractivity contribution is 5.83. The lowest BCUT2D eigenvalue weighted by Gasteiger charge is -2.09. The van der Waals surface area contributed by atoms with E-state index < -0.39 is 0 Å². The SMILES string of the molecule is CCCCCCCCCC1=NCC(CCO)N1. The summed E-state index contributed by atoms with van der Waals surface area (Å²) in [4.78, 5) is 4.48. The summed E-state index contributed by atoms with van der Waals surface area (Å²) in [5.74, 6) is 1.16. The van der Waals surface area contributed by atoms with Crippen LogP contribution in [-0.4, -0.2) is 30.1 Å². The van der Waals surface area contributed by atoms with E-state index in [1.165, 1.54) is 44.9 Å². The molecule has 1 atom stereocenters. The third-order valence-electron chi connectivity index (χ3n) is 3.37. The van der Waals surface area contributed by atoms with Gasteiger partial charge in [0.15, 0.2) is 0 Å². The smallest absolute Gasteiger partial charge is 0.0966 e. The van der Waals surface area contributed by atoms with Crippen LogP contribution in [0.3, 0.4) is 0 Å². The summed E-state index contributed by atoms with van der Waals surface area (Å²) in [5.41, 5.74) is 0. The van der Waals surface area contributed by atoms with Gasteiger partial charge in [-0.05, 0) is 12.8 Å². The van der Waals surface area contributed by atoms with Crippen LogP contribution < -0.4 is 5.32 Å². The molecule has 3 heteroatoms. The monoisotopic (exact) mass is 240 g/mol. The molecule has 100 valence electrons. The van der Waals surface area contributed by atoms with Gasteiger partial charge in [-0.3, -0.25) is 4.99 Å². The Labute approximate surface area is 106 Å². The van der Waals surface area contributed by atoms with Gasteiger partial charge in [0.05, 0.1) is 12.4 Å². The molecule has 0 bridgehead atoms. The van der Waals surface area contributed by atoms with E-state index in [9.17, 15) is 0 Å². The molecule has 2 N–H and O–H groups in total. The zero-order chi connectivity index (χ0) is 12.3. The number of aliphatic hydroxyl groups is 1. The molecule has 3 nitrogen and oxygen atoms in total. The van der Waals surface area contributed by atoms with Gasteiger partial charge in [-0.25, -0.2) is 0 Å². The summed E-state index contributed by atoms with van der Waals surface area (Å²) in [7, 11) is 0. The molecule has 0 saturated carbocycles. The lowest BCUT2D eigenvalue weighted by molar-refractivity contribution is 0.274. The first kappa shape index (κ1) is 14.5. The molecule has 0 fully saturated rings. The molecule has 0 aromatic carbocycles. The molecule has 0 saturated heterocycles. The average molecular weight is 240 g/mol. The lowest BCUT2D eigenvalue weighted by atomic mass is 10.1. The summed E-state index contributed by atoms with van der Waals surface area (Å²) in [6.07, 6.45) is 11.4. The van der Waals surface area contributed by atoms with E-state index >= 15 is 0 Å². The van der Waals surface area contributed by atoms with Crippen LogP contribution in [0.25, 0.3) is 0 Å². The molecule has 1 aliphatic rings. The summed E-state index contributed by atoms with van der Waals surface area (Å²) in [6.45, 7) is 3.37. The Morgan fingerprint density at radius 1 is 1.18 bits per heavy atom. The fraction of sp³-hybridized carbons (Fsp3) is 0.929. The number of unbranched alkanes of at least 4 members (excludes halogenated alkanes) is 6. The molecule has 0 spiro atoms. The van der Waals surface area contributed by atoms with Gasteiger partial charge in [-0.2, -0.15) is 0 Å². The van der Waals surface area contributed by atoms with Crippen LogP contribution in [0.15, 0.2) is 4.99 Å². The topological polar surface area (TPSA) is 44.6 Å². The third kappa shape index (κ3) is 6.67. The maximum absolute atomic E-state index is 8.84. The fourth-order valence-corrected chi connectivity index (χ4v) is 2.27. The number of hydrogen-bond donors (Lipinski definition) is 2. The highest BCUT2D eigenvalue weighted by Crippen LogP contribution is 2.10. The third-order valence-corrected chi connectivity index (χ3v) is 3.37. The van der Waals surface area contributed by atoms with Gasteiger partial charge in [0, 0.05) is 19.1 Å². The molecule has 0 radical (unpaired) electrons. The van der Waals surface area contributed by atoms with Crippen molar-refractivity contribution in [2.45, 2.75) is 70.8 Å². The normalized spacial score (nSPS) is 19.2. The number of amidine groups is 1. The molecule has 0 aliphatic carbocycles. The Morgan fingerprint density at radius 3 is 2.59 bits per heavy atom. The van der Waals surface area contributed by atoms with E-state index in [4.69, 9.17) is 5.11 Å². The van der Waals surface area contributed by atoms with E-state index in [0.29, 0.717) is 6.04 Å². The van der Waals surface area contributed by atoms with E-state index in [1.54, 1.807) is 0 Å². The van der Waals surface area contributed by atoms with Crippen LogP contribution >= 0.6 is 0 Å². The van der Waals surface area contributed by atoms with Gasteiger partial charge in [0.25, 0.3) is 0 Å². The van der Waals surface area contributed by atoms with Gasteiger partial charge >= 0.3 is 0 Å². The quantitative estimate of drug-likeness (QED) is 0.577. The van der Waals surface area contributed by atoms with E-state index in [1.807, 2.05) is 0 Å². The largest absolute Gasteiger partial charge is 0.396 e. The van der Waals surface area contributed by atoms with Gasteiger partial charge in [-0.15, -0.1) is 0 Å². The van der Waals surface area contributed by atoms with Crippen molar-refractivity contribution in [2.24, 2.45) is 4.99 Å². The molecule has 17 heavy (non-hydrogen) atoms. The van der Waals surface area contributed by atoms with Crippen LogP contribution in [0.2, 0.25) is 0 Å². The number of aliphatic imine (C=N–C) groups is 1. The number of hydrogen-bond acceptors (Lipinski definition) is 3. The molecule has 1 heterocycles. The predicted molar refractivity (Wildman–Crippen MR) is 73.5 cm³/mol. The fourth-order valence-electron chi connectivity index (χ4n) is 2.27. The van der Waals surface area contributed by atoms with Gasteiger partial charge < -0.3 is 10.4 Å². The Kier molecular flexibility index (Phi) is 8.06. The van der Waals surface area contributed by atoms with Crippen LogP contribution in [-0.2, 0) is 0 Å². The minimum Gasteiger partial charge on any atom is -0.396 e. The van der Waals surface area contributed by atoms with E-state index in [2.05, 4.69) is 17.2 Å². The van der Waals surface area contributed by atoms with Crippen molar-refractivity contribution < 1.29 is 5.11 Å². The van der Waals surface area contributed by atoms with Gasteiger partial charge in [-0.1, -0.05) is 45.4 Å². The zero-order valence-electron chi connectivity index (χ0n) is 11.2. The maximum atomic E-state index is 8.84. The Balaban J connectivity index is 1.90.